The summed E-state index contributed by atoms with van der Waals surface area (Å²) in [6.45, 7) is 4.40. The second-order valence-corrected chi connectivity index (χ2v) is 10.8. The minimum absolute atomic E-state index is 0.0454. The van der Waals surface area contributed by atoms with Crippen LogP contribution in [0.4, 0.5) is 0 Å². The summed E-state index contributed by atoms with van der Waals surface area (Å²) in [4.78, 5) is 25.6. The molecule has 45 heavy (non-hydrogen) atoms. The highest BCUT2D eigenvalue weighted by Gasteiger charge is 2.32. The predicted octanol–water partition coefficient (Wildman–Crippen LogP) is 3.07. The van der Waals surface area contributed by atoms with Crippen molar-refractivity contribution < 1.29 is 38.0 Å². The maximum absolute atomic E-state index is 12.8. The van der Waals surface area contributed by atoms with Crippen molar-refractivity contribution in [2.45, 2.75) is 25.9 Å². The average Bonchev–Trinajstić information content (AvgIpc) is 3.01. The first-order valence-corrected chi connectivity index (χ1v) is 14.9. The van der Waals surface area contributed by atoms with Gasteiger partial charge in [-0.15, -0.1) is 0 Å². The Labute approximate surface area is 272 Å². The molecule has 0 fully saturated rings. The third kappa shape index (κ3) is 8.91. The van der Waals surface area contributed by atoms with Crippen LogP contribution in [0.3, 0.4) is 0 Å². The maximum Gasteiger partial charge on any atom is 0.338 e. The van der Waals surface area contributed by atoms with E-state index in [9.17, 15) is 9.59 Å². The van der Waals surface area contributed by atoms with Crippen LogP contribution in [0, 0.1) is 0 Å². The molecule has 2 aliphatic rings. The predicted molar refractivity (Wildman–Crippen MR) is 173 cm³/mol. The van der Waals surface area contributed by atoms with Crippen molar-refractivity contribution >= 4 is 46.6 Å². The molecule has 2 heterocycles. The molecule has 2 atom stereocenters. The topological polar surface area (TPSA) is 138 Å². The van der Waals surface area contributed by atoms with Gasteiger partial charge in [0.15, 0.2) is 10.2 Å². The first kappa shape index (κ1) is 33.6. The van der Waals surface area contributed by atoms with Gasteiger partial charge in [-0.05, 0) is 73.7 Å². The summed E-state index contributed by atoms with van der Waals surface area (Å²) >= 11 is 10.6. The monoisotopic (exact) mass is 656 g/mol. The number of methoxy groups -OCH3 is 2. The molecule has 14 heteroatoms. The van der Waals surface area contributed by atoms with E-state index in [-0.39, 0.29) is 20.0 Å². The van der Waals surface area contributed by atoms with Gasteiger partial charge in [0.2, 0.25) is 6.79 Å². The number of hydrogen-bond acceptors (Lipinski definition) is 10. The van der Waals surface area contributed by atoms with Crippen molar-refractivity contribution in [3.63, 3.8) is 0 Å². The molecule has 2 aromatic carbocycles. The molecule has 2 aromatic rings. The van der Waals surface area contributed by atoms with Gasteiger partial charge in [0.1, 0.15) is 24.7 Å². The van der Waals surface area contributed by atoms with E-state index in [0.717, 1.165) is 11.1 Å². The Morgan fingerprint density at radius 2 is 1.02 bits per heavy atom. The van der Waals surface area contributed by atoms with E-state index in [2.05, 4.69) is 21.3 Å². The Bertz CT molecular complexity index is 1350. The van der Waals surface area contributed by atoms with E-state index < -0.39 is 24.0 Å². The Kier molecular flexibility index (Phi) is 12.1. The number of benzene rings is 2. The summed E-state index contributed by atoms with van der Waals surface area (Å²) in [6.07, 6.45) is 0. The SMILES string of the molecule is COCCOC(=O)C1=C(C)NC(=S)NC1c1ccc(OCOc2ccc(C3NC(=S)NC(C)=C3C(=O)OCCOC)cc2)cc1. The summed E-state index contributed by atoms with van der Waals surface area (Å²) in [6, 6.07) is 13.5. The number of nitrogens with one attached hydrogen (secondary N) is 4. The van der Waals surface area contributed by atoms with E-state index in [1.165, 1.54) is 0 Å². The summed E-state index contributed by atoms with van der Waals surface area (Å²) in [5.74, 6) is 0.225. The minimum atomic E-state index is -0.493. The van der Waals surface area contributed by atoms with Crippen LogP contribution in [0.25, 0.3) is 0 Å². The molecule has 0 aliphatic carbocycles. The Morgan fingerprint density at radius 3 is 1.38 bits per heavy atom. The summed E-state index contributed by atoms with van der Waals surface area (Å²) in [7, 11) is 3.08. The third-order valence-corrected chi connectivity index (χ3v) is 7.34. The van der Waals surface area contributed by atoms with E-state index in [4.69, 9.17) is 52.9 Å². The average molecular weight is 657 g/mol. The van der Waals surface area contributed by atoms with Crippen molar-refractivity contribution in [3.05, 3.63) is 82.2 Å². The number of thiocarbonyl (C=S) groups is 2. The molecule has 0 saturated carbocycles. The van der Waals surface area contributed by atoms with Gasteiger partial charge in [0.05, 0.1) is 36.4 Å². The van der Waals surface area contributed by atoms with Crippen molar-refractivity contribution in [2.24, 2.45) is 0 Å². The fraction of sp³-hybridized carbons (Fsp3) is 0.355. The van der Waals surface area contributed by atoms with Gasteiger partial charge in [0, 0.05) is 25.6 Å². The quantitative estimate of drug-likeness (QED) is 0.103. The van der Waals surface area contributed by atoms with E-state index in [0.29, 0.717) is 57.5 Å². The van der Waals surface area contributed by atoms with Crippen LogP contribution in [-0.2, 0) is 28.5 Å². The first-order valence-electron chi connectivity index (χ1n) is 14.1. The van der Waals surface area contributed by atoms with Crippen molar-refractivity contribution in [1.82, 2.24) is 21.3 Å². The van der Waals surface area contributed by atoms with Crippen molar-refractivity contribution in [2.75, 3.05) is 47.4 Å². The van der Waals surface area contributed by atoms with Crippen LogP contribution >= 0.6 is 24.4 Å². The zero-order chi connectivity index (χ0) is 32.3. The lowest BCUT2D eigenvalue weighted by Crippen LogP contribution is -2.45. The third-order valence-electron chi connectivity index (χ3n) is 6.90. The number of carbonyl (C=O) groups is 2. The number of carbonyl (C=O) groups excluding carboxylic acids is 2. The molecular formula is C31H36N4O8S2. The number of rotatable bonds is 14. The highest BCUT2D eigenvalue weighted by atomic mass is 32.1. The normalized spacial score (nSPS) is 17.9. The molecule has 0 radical (unpaired) electrons. The fourth-order valence-electron chi connectivity index (χ4n) is 4.70. The highest BCUT2D eigenvalue weighted by Crippen LogP contribution is 2.30. The molecule has 4 rings (SSSR count). The van der Waals surface area contributed by atoms with Gasteiger partial charge in [0.25, 0.3) is 0 Å². The Balaban J connectivity index is 1.36. The van der Waals surface area contributed by atoms with Crippen LogP contribution < -0.4 is 30.7 Å². The molecule has 2 unspecified atom stereocenters. The molecule has 0 spiro atoms. The van der Waals surface area contributed by atoms with Crippen LogP contribution in [0.1, 0.15) is 37.1 Å². The van der Waals surface area contributed by atoms with Gasteiger partial charge in [-0.1, -0.05) is 24.3 Å². The number of ether oxygens (including phenoxy) is 6. The van der Waals surface area contributed by atoms with E-state index in [1.807, 2.05) is 24.3 Å². The van der Waals surface area contributed by atoms with Gasteiger partial charge in [-0.3, -0.25) is 0 Å². The first-order chi connectivity index (χ1) is 21.7. The van der Waals surface area contributed by atoms with Gasteiger partial charge in [-0.2, -0.15) is 0 Å². The van der Waals surface area contributed by atoms with Crippen molar-refractivity contribution in [1.29, 1.82) is 0 Å². The molecule has 0 aromatic heterocycles. The molecular weight excluding hydrogens is 620 g/mol. The molecule has 4 N–H and O–H groups in total. The Hall–Kier alpha value is -4.24. The van der Waals surface area contributed by atoms with Gasteiger partial charge >= 0.3 is 11.9 Å². The molecule has 0 amide bonds. The standard InChI is InChI=1S/C31H36N4O8S2/c1-18-24(28(36)40-15-13-38-3)26(34-30(44)32-18)20-5-9-22(10-6-20)42-17-43-23-11-7-21(8-12-23)27-25(19(2)33-31(45)35-27)29(37)41-16-14-39-4/h5-12,26-27H,13-17H2,1-4H3,(H2,32,34,44)(H2,33,35,45). The molecule has 0 bridgehead atoms. The summed E-state index contributed by atoms with van der Waals surface area (Å²) in [5, 5.41) is 13.1. The minimum Gasteiger partial charge on any atom is -0.460 e. The fourth-order valence-corrected chi connectivity index (χ4v) is 5.24. The number of esters is 2. The number of hydrogen-bond donors (Lipinski definition) is 4. The van der Waals surface area contributed by atoms with Crippen LogP contribution in [0.15, 0.2) is 71.1 Å². The molecule has 240 valence electrons. The smallest absolute Gasteiger partial charge is 0.338 e. The van der Waals surface area contributed by atoms with Crippen LogP contribution in [0.2, 0.25) is 0 Å². The molecule has 0 saturated heterocycles. The highest BCUT2D eigenvalue weighted by molar-refractivity contribution is 7.80. The number of allylic oxidation sites excluding steroid dienone is 2. The summed E-state index contributed by atoms with van der Waals surface area (Å²) in [5.41, 5.74) is 3.71. The second kappa shape index (κ2) is 16.2. The van der Waals surface area contributed by atoms with E-state index >= 15 is 0 Å². The Morgan fingerprint density at radius 1 is 0.644 bits per heavy atom. The van der Waals surface area contributed by atoms with Crippen LogP contribution in [0.5, 0.6) is 11.5 Å². The lowest BCUT2D eigenvalue weighted by Gasteiger charge is -2.30. The van der Waals surface area contributed by atoms with E-state index in [1.54, 1.807) is 52.3 Å². The summed E-state index contributed by atoms with van der Waals surface area (Å²) < 4.78 is 32.2. The zero-order valence-electron chi connectivity index (χ0n) is 25.4. The second-order valence-electron chi connectivity index (χ2n) is 9.94. The van der Waals surface area contributed by atoms with Crippen LogP contribution in [-0.4, -0.2) is 69.6 Å². The lowest BCUT2D eigenvalue weighted by atomic mass is 9.95. The van der Waals surface area contributed by atoms with Crippen molar-refractivity contribution in [3.8, 4) is 11.5 Å². The maximum atomic E-state index is 12.8. The lowest BCUT2D eigenvalue weighted by molar-refractivity contribution is -0.141. The largest absolute Gasteiger partial charge is 0.460 e. The molecule has 2 aliphatic heterocycles. The van der Waals surface area contributed by atoms with Gasteiger partial charge < -0.3 is 49.7 Å². The zero-order valence-corrected chi connectivity index (χ0v) is 27.0. The molecule has 12 nitrogen and oxygen atoms in total. The van der Waals surface area contributed by atoms with Gasteiger partial charge in [-0.25, -0.2) is 9.59 Å².